The Balaban J connectivity index is 1.44. The van der Waals surface area contributed by atoms with E-state index in [0.717, 1.165) is 43.0 Å². The van der Waals surface area contributed by atoms with Crippen LogP contribution in [-0.4, -0.2) is 61.5 Å². The SMILES string of the molecule is Cc1cc(C)n2nc(C(=O)N3CCCN(Cc4ccc(F)cc4)CC3)nc2n1. The molecule has 1 aliphatic rings. The fourth-order valence-corrected chi connectivity index (χ4v) is 3.58. The summed E-state index contributed by atoms with van der Waals surface area (Å²) in [5, 5.41) is 4.36. The van der Waals surface area contributed by atoms with Crippen LogP contribution in [0.1, 0.15) is 34.0 Å². The van der Waals surface area contributed by atoms with E-state index < -0.39 is 0 Å². The van der Waals surface area contributed by atoms with Crippen LogP contribution in [0.15, 0.2) is 30.3 Å². The third-order valence-electron chi connectivity index (χ3n) is 5.00. The van der Waals surface area contributed by atoms with Gasteiger partial charge in [-0.2, -0.15) is 4.98 Å². The van der Waals surface area contributed by atoms with Gasteiger partial charge < -0.3 is 4.90 Å². The number of halogens is 1. The largest absolute Gasteiger partial charge is 0.335 e. The van der Waals surface area contributed by atoms with Crippen LogP contribution in [0, 0.1) is 19.7 Å². The lowest BCUT2D eigenvalue weighted by molar-refractivity contribution is 0.0749. The lowest BCUT2D eigenvalue weighted by Crippen LogP contribution is -2.35. The summed E-state index contributed by atoms with van der Waals surface area (Å²) in [5.74, 6) is 0.254. The van der Waals surface area contributed by atoms with Crippen molar-refractivity contribution in [1.29, 1.82) is 0 Å². The number of hydrogen-bond acceptors (Lipinski definition) is 5. The Morgan fingerprint density at radius 3 is 2.64 bits per heavy atom. The third kappa shape index (κ3) is 3.87. The lowest BCUT2D eigenvalue weighted by Gasteiger charge is -2.21. The number of rotatable bonds is 3. The Bertz CT molecular complexity index is 1000. The maximum absolute atomic E-state index is 13.1. The molecule has 1 aliphatic heterocycles. The standard InChI is InChI=1S/C20H23FN6O/c1-14-12-15(2)27-20(22-14)23-18(24-27)19(28)26-9-3-8-25(10-11-26)13-16-4-6-17(21)7-5-16/h4-7,12H,3,8-11,13H2,1-2H3. The second-order valence-electron chi connectivity index (χ2n) is 7.23. The quantitative estimate of drug-likeness (QED) is 0.695. The van der Waals surface area contributed by atoms with Crippen LogP contribution in [0.4, 0.5) is 4.39 Å². The van der Waals surface area contributed by atoms with Gasteiger partial charge in [0.05, 0.1) is 0 Å². The molecule has 0 unspecified atom stereocenters. The summed E-state index contributed by atoms with van der Waals surface area (Å²) in [6.45, 7) is 7.49. The molecule has 4 rings (SSSR count). The number of amides is 1. The van der Waals surface area contributed by atoms with Crippen molar-refractivity contribution in [2.75, 3.05) is 26.2 Å². The van der Waals surface area contributed by atoms with Gasteiger partial charge in [-0.1, -0.05) is 12.1 Å². The molecule has 1 saturated heterocycles. The topological polar surface area (TPSA) is 66.6 Å². The zero-order valence-corrected chi connectivity index (χ0v) is 16.1. The molecule has 0 radical (unpaired) electrons. The van der Waals surface area contributed by atoms with Crippen molar-refractivity contribution in [2.45, 2.75) is 26.8 Å². The molecule has 1 amide bonds. The normalized spacial score (nSPS) is 15.8. The maximum atomic E-state index is 13.1. The van der Waals surface area contributed by atoms with Crippen molar-refractivity contribution in [3.63, 3.8) is 0 Å². The molecular formula is C20H23FN6O. The average molecular weight is 382 g/mol. The van der Waals surface area contributed by atoms with E-state index in [1.807, 2.05) is 24.8 Å². The molecule has 1 fully saturated rings. The number of aryl methyl sites for hydroxylation is 2. The zero-order valence-electron chi connectivity index (χ0n) is 16.1. The summed E-state index contributed by atoms with van der Waals surface area (Å²) in [6.07, 6.45) is 0.872. The van der Waals surface area contributed by atoms with E-state index in [1.54, 1.807) is 16.6 Å². The Hall–Kier alpha value is -2.87. The highest BCUT2D eigenvalue weighted by Crippen LogP contribution is 2.12. The number of carbonyl (C=O) groups excluding carboxylic acids is 1. The van der Waals surface area contributed by atoms with E-state index in [9.17, 15) is 9.18 Å². The molecule has 0 bridgehead atoms. The fourth-order valence-electron chi connectivity index (χ4n) is 3.58. The molecule has 0 saturated carbocycles. The molecule has 28 heavy (non-hydrogen) atoms. The molecule has 3 aromatic rings. The molecule has 0 atom stereocenters. The van der Waals surface area contributed by atoms with E-state index in [0.29, 0.717) is 18.9 Å². The first-order valence-electron chi connectivity index (χ1n) is 9.47. The number of nitrogens with zero attached hydrogens (tertiary/aromatic N) is 6. The molecule has 0 aliphatic carbocycles. The van der Waals surface area contributed by atoms with Crippen molar-refractivity contribution in [3.8, 4) is 0 Å². The van der Waals surface area contributed by atoms with E-state index in [-0.39, 0.29) is 17.5 Å². The van der Waals surface area contributed by atoms with Crippen LogP contribution >= 0.6 is 0 Å². The second kappa shape index (κ2) is 7.63. The van der Waals surface area contributed by atoms with Gasteiger partial charge in [-0.3, -0.25) is 9.69 Å². The average Bonchev–Trinajstić information content (AvgIpc) is 2.96. The molecule has 0 N–H and O–H groups in total. The summed E-state index contributed by atoms with van der Waals surface area (Å²) in [5.41, 5.74) is 2.82. The Labute approximate surface area is 162 Å². The second-order valence-corrected chi connectivity index (χ2v) is 7.23. The smallest absolute Gasteiger partial charge is 0.293 e. The lowest BCUT2D eigenvalue weighted by atomic mass is 10.2. The van der Waals surface area contributed by atoms with Crippen molar-refractivity contribution in [3.05, 3.63) is 58.9 Å². The van der Waals surface area contributed by atoms with Gasteiger partial charge in [-0.15, -0.1) is 5.10 Å². The van der Waals surface area contributed by atoms with Gasteiger partial charge in [-0.05, 0) is 44.0 Å². The summed E-state index contributed by atoms with van der Waals surface area (Å²) in [6, 6.07) is 8.49. The molecule has 0 spiro atoms. The van der Waals surface area contributed by atoms with Crippen LogP contribution in [0.3, 0.4) is 0 Å². The first-order chi connectivity index (χ1) is 13.5. The van der Waals surface area contributed by atoms with Gasteiger partial charge in [0, 0.05) is 44.1 Å². The van der Waals surface area contributed by atoms with Crippen molar-refractivity contribution in [1.82, 2.24) is 29.4 Å². The Morgan fingerprint density at radius 2 is 1.86 bits per heavy atom. The van der Waals surface area contributed by atoms with E-state index >= 15 is 0 Å². The van der Waals surface area contributed by atoms with Crippen LogP contribution in [0.5, 0.6) is 0 Å². The number of hydrogen-bond donors (Lipinski definition) is 0. The Kier molecular flexibility index (Phi) is 5.04. The highest BCUT2D eigenvalue weighted by molar-refractivity contribution is 5.90. The van der Waals surface area contributed by atoms with E-state index in [1.165, 1.54) is 12.1 Å². The Morgan fingerprint density at radius 1 is 1.07 bits per heavy atom. The minimum absolute atomic E-state index is 0.161. The highest BCUT2D eigenvalue weighted by atomic mass is 19.1. The van der Waals surface area contributed by atoms with Gasteiger partial charge in [-0.25, -0.2) is 13.9 Å². The van der Waals surface area contributed by atoms with Crippen LogP contribution in [-0.2, 0) is 6.54 Å². The number of aromatic nitrogens is 4. The van der Waals surface area contributed by atoms with Crippen LogP contribution in [0.2, 0.25) is 0 Å². The van der Waals surface area contributed by atoms with Crippen molar-refractivity contribution < 1.29 is 9.18 Å². The fraction of sp³-hybridized carbons (Fsp3) is 0.400. The van der Waals surface area contributed by atoms with Gasteiger partial charge in [0.15, 0.2) is 0 Å². The molecule has 2 aromatic heterocycles. The maximum Gasteiger partial charge on any atom is 0.293 e. The first kappa shape index (κ1) is 18.5. The highest BCUT2D eigenvalue weighted by Gasteiger charge is 2.24. The minimum Gasteiger partial charge on any atom is -0.335 e. The van der Waals surface area contributed by atoms with E-state index in [4.69, 9.17) is 0 Å². The summed E-state index contributed by atoms with van der Waals surface area (Å²) in [7, 11) is 0. The summed E-state index contributed by atoms with van der Waals surface area (Å²) in [4.78, 5) is 25.7. The molecule has 8 heteroatoms. The van der Waals surface area contributed by atoms with Gasteiger partial charge in [0.25, 0.3) is 11.7 Å². The van der Waals surface area contributed by atoms with E-state index in [2.05, 4.69) is 20.0 Å². The molecule has 3 heterocycles. The number of benzene rings is 1. The van der Waals surface area contributed by atoms with Gasteiger partial charge in [0.2, 0.25) is 5.82 Å². The number of fused-ring (bicyclic) bond motifs is 1. The zero-order chi connectivity index (χ0) is 19.7. The van der Waals surface area contributed by atoms with Crippen molar-refractivity contribution in [2.24, 2.45) is 0 Å². The van der Waals surface area contributed by atoms with Gasteiger partial charge >= 0.3 is 0 Å². The molecule has 146 valence electrons. The molecule has 7 nitrogen and oxygen atoms in total. The minimum atomic E-state index is -0.226. The first-order valence-corrected chi connectivity index (χ1v) is 9.47. The van der Waals surface area contributed by atoms with Crippen LogP contribution in [0.25, 0.3) is 5.78 Å². The summed E-state index contributed by atoms with van der Waals surface area (Å²) >= 11 is 0. The summed E-state index contributed by atoms with van der Waals surface area (Å²) < 4.78 is 14.7. The molecular weight excluding hydrogens is 359 g/mol. The predicted molar refractivity (Wildman–Crippen MR) is 102 cm³/mol. The van der Waals surface area contributed by atoms with Crippen molar-refractivity contribution >= 4 is 11.7 Å². The third-order valence-corrected chi connectivity index (χ3v) is 5.00. The predicted octanol–water partition coefficient (Wildman–Crippen LogP) is 2.23. The van der Waals surface area contributed by atoms with Gasteiger partial charge in [0.1, 0.15) is 5.82 Å². The van der Waals surface area contributed by atoms with Crippen LogP contribution < -0.4 is 0 Å². The molecule has 1 aromatic carbocycles. The monoisotopic (exact) mass is 382 g/mol. The number of carbonyl (C=O) groups is 1.